The number of methoxy groups -OCH3 is 1. The van der Waals surface area contributed by atoms with Gasteiger partial charge in [0.05, 0.1) is 17.6 Å². The predicted octanol–water partition coefficient (Wildman–Crippen LogP) is 2.30. The van der Waals surface area contributed by atoms with Crippen molar-refractivity contribution in [3.63, 3.8) is 0 Å². The minimum Gasteiger partial charge on any atom is -0.464 e. The van der Waals surface area contributed by atoms with Crippen LogP contribution in [0.15, 0.2) is 47.5 Å². The lowest BCUT2D eigenvalue weighted by Crippen LogP contribution is -2.31. The van der Waals surface area contributed by atoms with Crippen LogP contribution in [0.5, 0.6) is 0 Å². The Bertz CT molecular complexity index is 1040. The summed E-state index contributed by atoms with van der Waals surface area (Å²) in [6.07, 6.45) is 5.10. The fourth-order valence-corrected chi connectivity index (χ4v) is 3.67. The van der Waals surface area contributed by atoms with Gasteiger partial charge in [-0.1, -0.05) is 32.3 Å². The average Bonchev–Trinajstić information content (AvgIpc) is 2.78. The molecule has 0 radical (unpaired) electrons. The van der Waals surface area contributed by atoms with Gasteiger partial charge in [-0.05, 0) is 36.8 Å². The normalized spacial score (nSPS) is 10.9. The number of rotatable bonds is 10. The molecule has 0 spiro atoms. The number of aromatic nitrogens is 1. The van der Waals surface area contributed by atoms with Crippen LogP contribution in [0.4, 0.5) is 0 Å². The number of benzene rings is 1. The van der Waals surface area contributed by atoms with Crippen molar-refractivity contribution < 1.29 is 27.5 Å². The smallest absolute Gasteiger partial charge is 0.356 e. The first kappa shape index (κ1) is 24.0. The Morgan fingerprint density at radius 1 is 1.00 bits per heavy atom. The number of unbranched alkanes of at least 4 members (excludes halogenated alkanes) is 3. The summed E-state index contributed by atoms with van der Waals surface area (Å²) < 4.78 is 31.6. The van der Waals surface area contributed by atoms with E-state index in [0.29, 0.717) is 6.54 Å². The number of sulfonamides is 1. The van der Waals surface area contributed by atoms with Gasteiger partial charge in [0, 0.05) is 18.3 Å². The molecule has 1 aromatic carbocycles. The molecule has 166 valence electrons. The summed E-state index contributed by atoms with van der Waals surface area (Å²) in [5.41, 5.74) is 0.0995. The molecule has 2 rings (SSSR count). The lowest BCUT2D eigenvalue weighted by molar-refractivity contribution is 0.0593. The average molecular weight is 448 g/mol. The summed E-state index contributed by atoms with van der Waals surface area (Å²) in [6.45, 7) is 2.60. The SMILES string of the molecule is CCCCCCNC(=O)c1cccc(S(=O)(=O)NC(=O)c2ccc(C(=O)OC)nc2)c1. The van der Waals surface area contributed by atoms with E-state index in [4.69, 9.17) is 0 Å². The third-order valence-electron chi connectivity index (χ3n) is 4.37. The number of ether oxygens (including phenoxy) is 1. The molecule has 0 aliphatic rings. The highest BCUT2D eigenvalue weighted by molar-refractivity contribution is 7.90. The number of nitrogens with zero attached hydrogens (tertiary/aromatic N) is 1. The molecule has 0 aliphatic carbocycles. The zero-order valence-electron chi connectivity index (χ0n) is 17.4. The fraction of sp³-hybridized carbons (Fsp3) is 0.333. The van der Waals surface area contributed by atoms with E-state index in [2.05, 4.69) is 22.0 Å². The van der Waals surface area contributed by atoms with Crippen molar-refractivity contribution in [3.8, 4) is 0 Å². The highest BCUT2D eigenvalue weighted by Crippen LogP contribution is 2.13. The third kappa shape index (κ3) is 6.88. The number of hydrogen-bond donors (Lipinski definition) is 2. The van der Waals surface area contributed by atoms with E-state index in [1.54, 1.807) is 0 Å². The first-order chi connectivity index (χ1) is 14.8. The molecule has 0 atom stereocenters. The second-order valence-electron chi connectivity index (χ2n) is 6.70. The topological polar surface area (TPSA) is 132 Å². The summed E-state index contributed by atoms with van der Waals surface area (Å²) in [5, 5.41) is 2.76. The first-order valence-corrected chi connectivity index (χ1v) is 11.3. The monoisotopic (exact) mass is 447 g/mol. The van der Waals surface area contributed by atoms with Gasteiger partial charge in [-0.2, -0.15) is 0 Å². The van der Waals surface area contributed by atoms with Crippen molar-refractivity contribution in [2.45, 2.75) is 37.5 Å². The van der Waals surface area contributed by atoms with Crippen LogP contribution in [0.25, 0.3) is 0 Å². The van der Waals surface area contributed by atoms with Crippen LogP contribution >= 0.6 is 0 Å². The molecule has 0 saturated heterocycles. The van der Waals surface area contributed by atoms with Gasteiger partial charge < -0.3 is 10.1 Å². The lowest BCUT2D eigenvalue weighted by Gasteiger charge is -2.09. The maximum atomic E-state index is 12.6. The second kappa shape index (κ2) is 11.2. The molecular weight excluding hydrogens is 422 g/mol. The summed E-state index contributed by atoms with van der Waals surface area (Å²) >= 11 is 0. The number of carbonyl (C=O) groups excluding carboxylic acids is 3. The highest BCUT2D eigenvalue weighted by atomic mass is 32.2. The maximum absolute atomic E-state index is 12.6. The summed E-state index contributed by atoms with van der Waals surface area (Å²) in [5.74, 6) is -1.99. The number of carbonyl (C=O) groups is 3. The Labute approximate surface area is 181 Å². The van der Waals surface area contributed by atoms with E-state index >= 15 is 0 Å². The summed E-state index contributed by atoms with van der Waals surface area (Å²) in [7, 11) is -3.03. The van der Waals surface area contributed by atoms with Crippen molar-refractivity contribution in [2.75, 3.05) is 13.7 Å². The molecule has 0 fully saturated rings. The van der Waals surface area contributed by atoms with E-state index in [1.165, 1.54) is 43.5 Å². The summed E-state index contributed by atoms with van der Waals surface area (Å²) in [4.78, 5) is 39.5. The molecule has 1 aromatic heterocycles. The number of hydrogen-bond acceptors (Lipinski definition) is 7. The summed E-state index contributed by atoms with van der Waals surface area (Å²) in [6, 6.07) is 7.92. The molecule has 0 saturated carbocycles. The van der Waals surface area contributed by atoms with Crippen LogP contribution in [-0.2, 0) is 14.8 Å². The third-order valence-corrected chi connectivity index (χ3v) is 5.70. The van der Waals surface area contributed by atoms with Gasteiger partial charge in [0.15, 0.2) is 0 Å². The van der Waals surface area contributed by atoms with Gasteiger partial charge in [-0.25, -0.2) is 22.9 Å². The van der Waals surface area contributed by atoms with Crippen molar-refractivity contribution in [3.05, 3.63) is 59.4 Å². The quantitative estimate of drug-likeness (QED) is 0.422. The van der Waals surface area contributed by atoms with Gasteiger partial charge in [0.1, 0.15) is 5.69 Å². The molecule has 0 unspecified atom stereocenters. The minimum absolute atomic E-state index is 0.0182. The number of amides is 2. The van der Waals surface area contributed by atoms with Gasteiger partial charge in [-0.3, -0.25) is 9.59 Å². The van der Waals surface area contributed by atoms with Gasteiger partial charge in [0.2, 0.25) is 0 Å². The van der Waals surface area contributed by atoms with Gasteiger partial charge in [0.25, 0.3) is 21.8 Å². The number of esters is 1. The standard InChI is InChI=1S/C21H25N3O6S/c1-3-4-5-6-12-22-19(25)15-8-7-9-17(13-15)31(28,29)24-20(26)16-10-11-18(23-14-16)21(27)30-2/h7-11,13-14H,3-6,12H2,1-2H3,(H,22,25)(H,24,26). The van der Waals surface area contributed by atoms with Crippen LogP contribution in [0, 0.1) is 0 Å². The van der Waals surface area contributed by atoms with Crippen molar-refractivity contribution in [1.29, 1.82) is 0 Å². The number of nitrogens with one attached hydrogen (secondary N) is 2. The zero-order valence-corrected chi connectivity index (χ0v) is 18.2. The Balaban J connectivity index is 2.06. The minimum atomic E-state index is -4.23. The zero-order chi connectivity index (χ0) is 22.9. The highest BCUT2D eigenvalue weighted by Gasteiger charge is 2.21. The first-order valence-electron chi connectivity index (χ1n) is 9.78. The van der Waals surface area contributed by atoms with Crippen molar-refractivity contribution in [1.82, 2.24) is 15.0 Å². The number of pyridine rings is 1. The lowest BCUT2D eigenvalue weighted by atomic mass is 10.2. The Morgan fingerprint density at radius 2 is 1.77 bits per heavy atom. The van der Waals surface area contributed by atoms with Crippen molar-refractivity contribution in [2.24, 2.45) is 0 Å². The molecule has 0 aliphatic heterocycles. The van der Waals surface area contributed by atoms with Crippen molar-refractivity contribution >= 4 is 27.8 Å². The molecule has 31 heavy (non-hydrogen) atoms. The maximum Gasteiger partial charge on any atom is 0.356 e. The van der Waals surface area contributed by atoms with Crippen LogP contribution in [0.1, 0.15) is 63.8 Å². The Kier molecular flexibility index (Phi) is 8.68. The Hall–Kier alpha value is -3.27. The molecule has 0 bridgehead atoms. The van der Waals surface area contributed by atoms with Crippen LogP contribution < -0.4 is 10.0 Å². The largest absolute Gasteiger partial charge is 0.464 e. The molecular formula is C21H25N3O6S. The second-order valence-corrected chi connectivity index (χ2v) is 8.39. The molecule has 10 heteroatoms. The van der Waals surface area contributed by atoms with E-state index < -0.39 is 21.9 Å². The predicted molar refractivity (Wildman–Crippen MR) is 113 cm³/mol. The molecule has 2 aromatic rings. The molecule has 1 heterocycles. The molecule has 2 amide bonds. The van der Waals surface area contributed by atoms with Crippen LogP contribution in [0.3, 0.4) is 0 Å². The Morgan fingerprint density at radius 3 is 2.42 bits per heavy atom. The van der Waals surface area contributed by atoms with Crippen LogP contribution in [-0.4, -0.2) is 44.8 Å². The fourth-order valence-electron chi connectivity index (χ4n) is 2.65. The molecule has 2 N–H and O–H groups in total. The van der Waals surface area contributed by atoms with E-state index in [1.807, 2.05) is 4.72 Å². The van der Waals surface area contributed by atoms with Gasteiger partial charge in [-0.15, -0.1) is 0 Å². The molecule has 9 nitrogen and oxygen atoms in total. The van der Waals surface area contributed by atoms with Crippen LogP contribution in [0.2, 0.25) is 0 Å². The van der Waals surface area contributed by atoms with Gasteiger partial charge >= 0.3 is 5.97 Å². The van der Waals surface area contributed by atoms with E-state index in [0.717, 1.165) is 31.9 Å². The van der Waals surface area contributed by atoms with E-state index in [9.17, 15) is 22.8 Å². The van der Waals surface area contributed by atoms with E-state index in [-0.39, 0.29) is 27.6 Å².